The van der Waals surface area contributed by atoms with Crippen LogP contribution in [-0.4, -0.2) is 56.2 Å². The number of carbonyl (C=O) groups is 2. The van der Waals surface area contributed by atoms with Crippen molar-refractivity contribution < 1.29 is 33.0 Å². The van der Waals surface area contributed by atoms with Gasteiger partial charge in [0.25, 0.3) is 0 Å². The maximum atomic E-state index is 11.9. The van der Waals surface area contributed by atoms with E-state index in [4.69, 9.17) is 9.90 Å². The van der Waals surface area contributed by atoms with Gasteiger partial charge in [0.05, 0.1) is 5.69 Å². The van der Waals surface area contributed by atoms with Gasteiger partial charge in [-0.15, -0.1) is 0 Å². The molecule has 1 aromatic carbocycles. The molecule has 3 aromatic rings. The van der Waals surface area contributed by atoms with Gasteiger partial charge in [0.2, 0.25) is 0 Å². The molecule has 0 saturated heterocycles. The molecule has 2 aromatic heterocycles. The lowest BCUT2D eigenvalue weighted by Gasteiger charge is -2.14. The Balaban J connectivity index is 0.000000429. The van der Waals surface area contributed by atoms with Crippen molar-refractivity contribution in [2.75, 3.05) is 13.1 Å². The zero-order valence-corrected chi connectivity index (χ0v) is 18.8. The first-order valence-corrected chi connectivity index (χ1v) is 11.0. The van der Waals surface area contributed by atoms with Crippen LogP contribution in [0.4, 0.5) is 13.2 Å². The Bertz CT molecular complexity index is 1160. The molecule has 186 valence electrons. The minimum Gasteiger partial charge on any atom is -0.477 e. The highest BCUT2D eigenvalue weighted by molar-refractivity contribution is 5.90. The summed E-state index contributed by atoms with van der Waals surface area (Å²) in [7, 11) is 0. The third kappa shape index (κ3) is 6.89. The van der Waals surface area contributed by atoms with Gasteiger partial charge in [0.1, 0.15) is 5.69 Å². The lowest BCUT2D eigenvalue weighted by molar-refractivity contribution is -0.192. The maximum Gasteiger partial charge on any atom is 0.490 e. The molecule has 4 rings (SSSR count). The number of hydrogen-bond donors (Lipinski definition) is 3. The predicted octanol–water partition coefficient (Wildman–Crippen LogP) is 3.60. The van der Waals surface area contributed by atoms with Crippen molar-refractivity contribution >= 4 is 11.9 Å². The Morgan fingerprint density at radius 1 is 1.06 bits per heavy atom. The van der Waals surface area contributed by atoms with E-state index in [1.54, 1.807) is 10.9 Å². The summed E-state index contributed by atoms with van der Waals surface area (Å²) in [6.07, 6.45) is 1.84. The summed E-state index contributed by atoms with van der Waals surface area (Å²) in [5.74, 6) is -3.66. The van der Waals surface area contributed by atoms with Crippen LogP contribution in [-0.2, 0) is 30.6 Å². The maximum absolute atomic E-state index is 11.9. The van der Waals surface area contributed by atoms with Crippen molar-refractivity contribution in [3.63, 3.8) is 0 Å². The van der Waals surface area contributed by atoms with Gasteiger partial charge in [-0.1, -0.05) is 30.3 Å². The van der Waals surface area contributed by atoms with Crippen molar-refractivity contribution in [3.8, 4) is 11.3 Å². The number of aliphatic carboxylic acids is 1. The predicted molar refractivity (Wildman–Crippen MR) is 121 cm³/mol. The van der Waals surface area contributed by atoms with Crippen molar-refractivity contribution in [1.82, 2.24) is 20.1 Å². The average Bonchev–Trinajstić information content (AvgIpc) is 3.21. The Hall–Kier alpha value is -3.73. The molecule has 0 fully saturated rings. The molecule has 0 atom stereocenters. The first kappa shape index (κ1) is 25.9. The number of aromatic carboxylic acids is 1. The molecule has 8 nitrogen and oxygen atoms in total. The first-order chi connectivity index (χ1) is 16.7. The van der Waals surface area contributed by atoms with Crippen LogP contribution < -0.4 is 5.32 Å². The fourth-order valence-electron chi connectivity index (χ4n) is 3.83. The van der Waals surface area contributed by atoms with Crippen molar-refractivity contribution in [1.29, 1.82) is 0 Å². The number of carboxylic acids is 2. The van der Waals surface area contributed by atoms with E-state index < -0.39 is 18.1 Å². The summed E-state index contributed by atoms with van der Waals surface area (Å²) in [6.45, 7) is 2.33. The molecular formula is C24H25F3N4O4. The van der Waals surface area contributed by atoms with Crippen LogP contribution in [0, 0.1) is 0 Å². The average molecular weight is 490 g/mol. The van der Waals surface area contributed by atoms with Crippen LogP contribution >= 0.6 is 0 Å². The number of nitrogens with one attached hydrogen (secondary N) is 1. The van der Waals surface area contributed by atoms with Gasteiger partial charge < -0.3 is 15.5 Å². The SMILES string of the molecule is O=C(O)C(F)(F)F.O=C(O)c1c2c(nn1CCCNCCc1ccccc1)-c1ccncc1CC2. The smallest absolute Gasteiger partial charge is 0.477 e. The lowest BCUT2D eigenvalue weighted by Crippen LogP contribution is -2.21. The number of halogens is 3. The van der Waals surface area contributed by atoms with E-state index in [-0.39, 0.29) is 0 Å². The third-order valence-corrected chi connectivity index (χ3v) is 5.46. The number of rotatable bonds is 8. The second-order valence-corrected chi connectivity index (χ2v) is 7.88. The molecule has 0 spiro atoms. The summed E-state index contributed by atoms with van der Waals surface area (Å²) in [5, 5.41) is 25.0. The van der Waals surface area contributed by atoms with Gasteiger partial charge in [-0.3, -0.25) is 9.67 Å². The highest BCUT2D eigenvalue weighted by Crippen LogP contribution is 2.34. The monoisotopic (exact) mass is 490 g/mol. The van der Waals surface area contributed by atoms with E-state index in [9.17, 15) is 23.1 Å². The number of hydrogen-bond acceptors (Lipinski definition) is 5. The zero-order chi connectivity index (χ0) is 25.4. The summed E-state index contributed by atoms with van der Waals surface area (Å²) >= 11 is 0. The molecule has 0 unspecified atom stereocenters. The third-order valence-electron chi connectivity index (χ3n) is 5.46. The Morgan fingerprint density at radius 3 is 2.43 bits per heavy atom. The Morgan fingerprint density at radius 2 is 1.77 bits per heavy atom. The summed E-state index contributed by atoms with van der Waals surface area (Å²) in [6, 6.07) is 12.3. The molecule has 1 aliphatic rings. The fraction of sp³-hybridized carbons (Fsp3) is 0.333. The highest BCUT2D eigenvalue weighted by atomic mass is 19.4. The number of alkyl halides is 3. The van der Waals surface area contributed by atoms with Crippen LogP contribution in [0.1, 0.15) is 33.6 Å². The number of aryl methyl sites for hydroxylation is 2. The van der Waals surface area contributed by atoms with E-state index in [0.717, 1.165) is 54.7 Å². The molecule has 0 amide bonds. The van der Waals surface area contributed by atoms with Crippen LogP contribution in [0.3, 0.4) is 0 Å². The van der Waals surface area contributed by atoms with Crippen LogP contribution in [0.2, 0.25) is 0 Å². The summed E-state index contributed by atoms with van der Waals surface area (Å²) in [4.78, 5) is 24.9. The minimum absolute atomic E-state index is 0.335. The molecular weight excluding hydrogens is 465 g/mol. The summed E-state index contributed by atoms with van der Waals surface area (Å²) < 4.78 is 33.4. The van der Waals surface area contributed by atoms with Crippen molar-refractivity contribution in [2.24, 2.45) is 0 Å². The fourth-order valence-corrected chi connectivity index (χ4v) is 3.83. The number of carboxylic acid groups (broad SMARTS) is 2. The van der Waals surface area contributed by atoms with E-state index in [1.807, 2.05) is 18.3 Å². The van der Waals surface area contributed by atoms with E-state index in [2.05, 4.69) is 39.7 Å². The van der Waals surface area contributed by atoms with Crippen LogP contribution in [0.25, 0.3) is 11.3 Å². The first-order valence-electron chi connectivity index (χ1n) is 11.0. The van der Waals surface area contributed by atoms with E-state index in [1.165, 1.54) is 5.56 Å². The molecule has 35 heavy (non-hydrogen) atoms. The molecule has 11 heteroatoms. The highest BCUT2D eigenvalue weighted by Gasteiger charge is 2.38. The molecule has 0 radical (unpaired) electrons. The van der Waals surface area contributed by atoms with Gasteiger partial charge in [0, 0.05) is 30.1 Å². The largest absolute Gasteiger partial charge is 0.490 e. The number of fused-ring (bicyclic) bond motifs is 3. The van der Waals surface area contributed by atoms with E-state index >= 15 is 0 Å². The molecule has 2 heterocycles. The minimum atomic E-state index is -5.08. The topological polar surface area (TPSA) is 117 Å². The summed E-state index contributed by atoms with van der Waals surface area (Å²) in [5.41, 5.74) is 5.46. The second kappa shape index (κ2) is 11.6. The Labute approximate surface area is 199 Å². The molecule has 3 N–H and O–H groups in total. The van der Waals surface area contributed by atoms with Crippen LogP contribution in [0.5, 0.6) is 0 Å². The number of benzene rings is 1. The van der Waals surface area contributed by atoms with Gasteiger partial charge in [0.15, 0.2) is 0 Å². The van der Waals surface area contributed by atoms with Crippen molar-refractivity contribution in [3.05, 3.63) is 71.2 Å². The molecule has 0 bridgehead atoms. The van der Waals surface area contributed by atoms with Gasteiger partial charge in [-0.25, -0.2) is 9.59 Å². The lowest BCUT2D eigenvalue weighted by atomic mass is 9.90. The Kier molecular flexibility index (Phi) is 8.58. The molecule has 0 aliphatic heterocycles. The zero-order valence-electron chi connectivity index (χ0n) is 18.8. The molecule has 1 aliphatic carbocycles. The second-order valence-electron chi connectivity index (χ2n) is 7.88. The van der Waals surface area contributed by atoms with Gasteiger partial charge >= 0.3 is 18.1 Å². The van der Waals surface area contributed by atoms with Gasteiger partial charge in [-0.05, 0) is 56.0 Å². The van der Waals surface area contributed by atoms with Gasteiger partial charge in [-0.2, -0.15) is 18.3 Å². The standard InChI is InChI=1S/C22H24N4O2.C2HF3O2/c27-22(28)21-19-8-7-17-15-24-13-10-18(17)20(19)25-26(21)14-4-11-23-12-9-16-5-2-1-3-6-16;3-2(4,5)1(6)7/h1-3,5-6,10,13,15,23H,4,7-9,11-12,14H2,(H,27,28);(H,6,7). The molecule has 0 saturated carbocycles. The number of nitrogens with zero attached hydrogens (tertiary/aromatic N) is 3. The number of pyridine rings is 1. The normalized spacial score (nSPS) is 12.2. The van der Waals surface area contributed by atoms with Crippen LogP contribution in [0.15, 0.2) is 48.8 Å². The van der Waals surface area contributed by atoms with E-state index in [0.29, 0.717) is 18.7 Å². The number of aromatic nitrogens is 3. The van der Waals surface area contributed by atoms with Crippen molar-refractivity contribution in [2.45, 2.75) is 38.4 Å². The quantitative estimate of drug-likeness (QED) is 0.413.